The summed E-state index contributed by atoms with van der Waals surface area (Å²) >= 11 is 0. The molecule has 1 aliphatic rings. The van der Waals surface area contributed by atoms with Crippen LogP contribution < -0.4 is 5.32 Å². The van der Waals surface area contributed by atoms with Crippen molar-refractivity contribution in [2.45, 2.75) is 13.3 Å². The van der Waals surface area contributed by atoms with E-state index in [0.717, 1.165) is 12.0 Å². The van der Waals surface area contributed by atoms with E-state index in [2.05, 4.69) is 5.32 Å². The van der Waals surface area contributed by atoms with Crippen molar-refractivity contribution in [2.24, 2.45) is 0 Å². The number of ketones is 2. The first-order chi connectivity index (χ1) is 9.60. The van der Waals surface area contributed by atoms with Crippen molar-refractivity contribution in [3.8, 4) is 0 Å². The molecule has 1 aliphatic carbocycles. The molecule has 0 saturated carbocycles. The minimum absolute atomic E-state index is 0.0451. The fourth-order valence-corrected chi connectivity index (χ4v) is 2.46. The highest BCUT2D eigenvalue weighted by Gasteiger charge is 2.36. The highest BCUT2D eigenvalue weighted by atomic mass is 16.5. The molecule has 0 amide bonds. The van der Waals surface area contributed by atoms with Gasteiger partial charge in [0.2, 0.25) is 23.1 Å². The molecule has 0 heterocycles. The molecule has 0 aromatic heterocycles. The molecule has 20 heavy (non-hydrogen) atoms. The van der Waals surface area contributed by atoms with Gasteiger partial charge in [-0.2, -0.15) is 0 Å². The quantitative estimate of drug-likeness (QED) is 0.912. The van der Waals surface area contributed by atoms with Gasteiger partial charge in [-0.3, -0.25) is 9.59 Å². The van der Waals surface area contributed by atoms with Crippen molar-refractivity contribution < 1.29 is 19.1 Å². The largest absolute Gasteiger partial charge is 0.489 e. The molecule has 0 aliphatic heterocycles. The van der Waals surface area contributed by atoms with Crippen LogP contribution in [0.25, 0.3) is 0 Å². The number of carbonyl (C=O) groups is 2. The number of hydrogen-bond acceptors (Lipinski definition) is 5. The number of carbonyl (C=O) groups excluding carboxylic acids is 2. The molecule has 0 saturated heterocycles. The summed E-state index contributed by atoms with van der Waals surface area (Å²) in [6, 6.07) is 3.52. The van der Waals surface area contributed by atoms with Crippen LogP contribution in [0, 0.1) is 0 Å². The van der Waals surface area contributed by atoms with Crippen LogP contribution in [0.5, 0.6) is 0 Å². The Kier molecular flexibility index (Phi) is 3.79. The summed E-state index contributed by atoms with van der Waals surface area (Å²) in [6.07, 6.45) is 0.758. The van der Waals surface area contributed by atoms with Crippen LogP contribution in [0.1, 0.15) is 33.2 Å². The Morgan fingerprint density at radius 1 is 1.05 bits per heavy atom. The van der Waals surface area contributed by atoms with E-state index in [1.54, 1.807) is 13.1 Å². The number of ether oxygens (including phenoxy) is 2. The number of allylic oxidation sites excluding steroid dienone is 2. The molecule has 0 atom stereocenters. The standard InChI is InChI=1S/C15H17NO4/c1-5-8-6-7-9-10(11(8)16-2)13(18)15(20-4)14(19-3)12(9)17/h6-7,16H,5H2,1-4H3. The third-order valence-corrected chi connectivity index (χ3v) is 3.42. The molecular formula is C15H17NO4. The summed E-state index contributed by atoms with van der Waals surface area (Å²) in [6.45, 7) is 1.99. The van der Waals surface area contributed by atoms with Crippen LogP contribution in [0.15, 0.2) is 23.7 Å². The smallest absolute Gasteiger partial charge is 0.234 e. The van der Waals surface area contributed by atoms with Crippen molar-refractivity contribution in [3.63, 3.8) is 0 Å². The van der Waals surface area contributed by atoms with Crippen molar-refractivity contribution >= 4 is 17.3 Å². The first kappa shape index (κ1) is 14.1. The zero-order valence-corrected chi connectivity index (χ0v) is 12.0. The maximum absolute atomic E-state index is 12.6. The van der Waals surface area contributed by atoms with Crippen LogP contribution in [-0.2, 0) is 15.9 Å². The van der Waals surface area contributed by atoms with Gasteiger partial charge in [0.05, 0.1) is 19.8 Å². The van der Waals surface area contributed by atoms with Gasteiger partial charge >= 0.3 is 0 Å². The number of hydrogen-bond donors (Lipinski definition) is 1. The lowest BCUT2D eigenvalue weighted by Crippen LogP contribution is -2.25. The van der Waals surface area contributed by atoms with Crippen molar-refractivity contribution in [3.05, 3.63) is 40.3 Å². The van der Waals surface area contributed by atoms with E-state index in [4.69, 9.17) is 9.47 Å². The molecule has 106 valence electrons. The normalized spacial score (nSPS) is 14.2. The molecule has 0 unspecified atom stereocenters. The Bertz CT molecular complexity index is 617. The second kappa shape index (κ2) is 5.36. The zero-order valence-electron chi connectivity index (χ0n) is 12.0. The van der Waals surface area contributed by atoms with E-state index in [0.29, 0.717) is 16.8 Å². The summed E-state index contributed by atoms with van der Waals surface area (Å²) in [5, 5.41) is 3.01. The predicted molar refractivity (Wildman–Crippen MR) is 75.1 cm³/mol. The molecule has 0 fully saturated rings. The maximum atomic E-state index is 12.6. The SMILES string of the molecule is CCc1ccc2c(c1NC)C(=O)C(OC)=C(OC)C2=O. The zero-order chi connectivity index (χ0) is 14.9. The number of methoxy groups -OCH3 is 2. The van der Waals surface area contributed by atoms with Gasteiger partial charge in [0.15, 0.2) is 0 Å². The fraction of sp³-hybridized carbons (Fsp3) is 0.333. The Morgan fingerprint density at radius 2 is 1.65 bits per heavy atom. The number of benzene rings is 1. The molecular weight excluding hydrogens is 258 g/mol. The Morgan fingerprint density at radius 3 is 2.15 bits per heavy atom. The lowest BCUT2D eigenvalue weighted by Gasteiger charge is -2.22. The van der Waals surface area contributed by atoms with Gasteiger partial charge in [0, 0.05) is 18.3 Å². The first-order valence-electron chi connectivity index (χ1n) is 6.35. The molecule has 0 bridgehead atoms. The lowest BCUT2D eigenvalue weighted by molar-refractivity contribution is 0.0829. The van der Waals surface area contributed by atoms with E-state index in [1.807, 2.05) is 13.0 Å². The summed E-state index contributed by atoms with van der Waals surface area (Å²) in [5.41, 5.74) is 2.35. The van der Waals surface area contributed by atoms with Gasteiger partial charge in [-0.1, -0.05) is 13.0 Å². The first-order valence-corrected chi connectivity index (χ1v) is 6.35. The minimum Gasteiger partial charge on any atom is -0.489 e. The highest BCUT2D eigenvalue weighted by molar-refractivity contribution is 6.27. The monoisotopic (exact) mass is 275 g/mol. The van der Waals surface area contributed by atoms with E-state index in [1.165, 1.54) is 14.2 Å². The van der Waals surface area contributed by atoms with Gasteiger partial charge in [0.25, 0.3) is 0 Å². The molecule has 2 rings (SSSR count). The van der Waals surface area contributed by atoms with E-state index < -0.39 is 0 Å². The Labute approximate surface area is 117 Å². The fourth-order valence-electron chi connectivity index (χ4n) is 2.46. The number of rotatable bonds is 4. The molecule has 1 N–H and O–H groups in total. The van der Waals surface area contributed by atoms with Crippen LogP contribution in [-0.4, -0.2) is 32.8 Å². The van der Waals surface area contributed by atoms with Gasteiger partial charge < -0.3 is 14.8 Å². The topological polar surface area (TPSA) is 64.6 Å². The maximum Gasteiger partial charge on any atom is 0.234 e. The summed E-state index contributed by atoms with van der Waals surface area (Å²) in [4.78, 5) is 24.9. The number of Topliss-reactive ketones (excluding diaryl/α,β-unsaturated/α-hetero) is 2. The van der Waals surface area contributed by atoms with Gasteiger partial charge in [-0.25, -0.2) is 0 Å². The second-order valence-electron chi connectivity index (χ2n) is 4.35. The number of nitrogens with one attached hydrogen (secondary N) is 1. The predicted octanol–water partition coefficient (Wildman–Crippen LogP) is 2.17. The van der Waals surface area contributed by atoms with Crippen LogP contribution in [0.4, 0.5) is 5.69 Å². The van der Waals surface area contributed by atoms with Gasteiger partial charge in [-0.05, 0) is 18.1 Å². The minimum atomic E-state index is -0.335. The Balaban J connectivity index is 2.76. The summed E-state index contributed by atoms with van der Waals surface area (Å²) < 4.78 is 10.1. The third-order valence-electron chi connectivity index (χ3n) is 3.42. The average Bonchev–Trinajstić information content (AvgIpc) is 2.48. The molecule has 1 aromatic carbocycles. The van der Waals surface area contributed by atoms with E-state index in [-0.39, 0.29) is 23.1 Å². The molecule has 5 heteroatoms. The van der Waals surface area contributed by atoms with E-state index >= 15 is 0 Å². The Hall–Kier alpha value is -2.30. The molecule has 1 aromatic rings. The molecule has 0 spiro atoms. The summed E-state index contributed by atoms with van der Waals surface area (Å²) in [5.74, 6) is -0.761. The average molecular weight is 275 g/mol. The van der Waals surface area contributed by atoms with Crippen LogP contribution >= 0.6 is 0 Å². The third kappa shape index (κ3) is 1.86. The highest BCUT2D eigenvalue weighted by Crippen LogP contribution is 2.34. The second-order valence-corrected chi connectivity index (χ2v) is 4.35. The molecule has 5 nitrogen and oxygen atoms in total. The van der Waals surface area contributed by atoms with Crippen molar-refractivity contribution in [1.29, 1.82) is 0 Å². The van der Waals surface area contributed by atoms with Crippen LogP contribution in [0.2, 0.25) is 0 Å². The number of fused-ring (bicyclic) bond motifs is 1. The van der Waals surface area contributed by atoms with E-state index in [9.17, 15) is 9.59 Å². The number of anilines is 1. The lowest BCUT2D eigenvalue weighted by atomic mass is 9.88. The number of aryl methyl sites for hydroxylation is 1. The van der Waals surface area contributed by atoms with Crippen molar-refractivity contribution in [2.75, 3.05) is 26.6 Å². The molecule has 0 radical (unpaired) electrons. The summed E-state index contributed by atoms with van der Waals surface area (Å²) in [7, 11) is 4.44. The van der Waals surface area contributed by atoms with Gasteiger partial charge in [0.1, 0.15) is 0 Å². The van der Waals surface area contributed by atoms with Gasteiger partial charge in [-0.15, -0.1) is 0 Å². The van der Waals surface area contributed by atoms with Crippen LogP contribution in [0.3, 0.4) is 0 Å². The van der Waals surface area contributed by atoms with Crippen molar-refractivity contribution in [1.82, 2.24) is 0 Å².